The minimum absolute atomic E-state index is 0.0174. The Hall–Kier alpha value is -1.92. The van der Waals surface area contributed by atoms with Crippen LogP contribution < -0.4 is 0 Å². The van der Waals surface area contributed by atoms with Gasteiger partial charge in [0.1, 0.15) is 0 Å². The molecule has 0 bridgehead atoms. The smallest absolute Gasteiger partial charge is 0.254 e. The second kappa shape index (κ2) is 7.76. The molecular formula is C20H28N2O4. The first-order valence-corrected chi connectivity index (χ1v) is 9.33. The number of rotatable bonds is 2. The standard InChI is InChI=1S/C20H28N2O4/c1-13-9-21(10-14(2)25-13)19(23)17-6-5-7-18(8-17)20(24)22-11-15(3)26-16(4)12-22/h5-8,13-16H,9-12H2,1-4H3/t13-,14-,15-,16+/m0/s1. The Balaban J connectivity index is 1.75. The van der Waals surface area contributed by atoms with Crippen molar-refractivity contribution in [3.8, 4) is 0 Å². The Morgan fingerprint density at radius 2 is 1.12 bits per heavy atom. The van der Waals surface area contributed by atoms with E-state index in [9.17, 15) is 9.59 Å². The molecule has 2 aliphatic rings. The first kappa shape index (κ1) is 18.9. The van der Waals surface area contributed by atoms with Crippen LogP contribution in [0, 0.1) is 0 Å². The van der Waals surface area contributed by atoms with Crippen molar-refractivity contribution in [1.82, 2.24) is 9.80 Å². The normalized spacial score (nSPS) is 29.5. The monoisotopic (exact) mass is 360 g/mol. The van der Waals surface area contributed by atoms with E-state index in [1.165, 1.54) is 0 Å². The van der Waals surface area contributed by atoms with Crippen molar-refractivity contribution in [3.05, 3.63) is 35.4 Å². The fourth-order valence-electron chi connectivity index (χ4n) is 3.84. The van der Waals surface area contributed by atoms with Crippen LogP contribution in [0.4, 0.5) is 0 Å². The Bertz CT molecular complexity index is 604. The van der Waals surface area contributed by atoms with Gasteiger partial charge in [-0.2, -0.15) is 0 Å². The highest BCUT2D eigenvalue weighted by Gasteiger charge is 2.29. The van der Waals surface area contributed by atoms with Crippen LogP contribution in [0.15, 0.2) is 24.3 Å². The highest BCUT2D eigenvalue weighted by atomic mass is 16.5. The Kier molecular flexibility index (Phi) is 5.63. The lowest BCUT2D eigenvalue weighted by Crippen LogP contribution is -2.48. The third-order valence-electron chi connectivity index (χ3n) is 4.77. The molecule has 2 saturated heterocycles. The summed E-state index contributed by atoms with van der Waals surface area (Å²) in [7, 11) is 0. The molecule has 2 heterocycles. The number of morpholine rings is 2. The molecule has 26 heavy (non-hydrogen) atoms. The van der Waals surface area contributed by atoms with Gasteiger partial charge in [0.25, 0.3) is 11.8 Å². The summed E-state index contributed by atoms with van der Waals surface area (Å²) in [6.07, 6.45) is 0.0698. The van der Waals surface area contributed by atoms with Crippen molar-refractivity contribution in [3.63, 3.8) is 0 Å². The number of ether oxygens (including phenoxy) is 2. The molecule has 142 valence electrons. The highest BCUT2D eigenvalue weighted by Crippen LogP contribution is 2.18. The van der Waals surface area contributed by atoms with Gasteiger partial charge in [0.15, 0.2) is 0 Å². The van der Waals surface area contributed by atoms with Crippen molar-refractivity contribution in [1.29, 1.82) is 0 Å². The highest BCUT2D eigenvalue weighted by molar-refractivity contribution is 5.99. The van der Waals surface area contributed by atoms with E-state index in [2.05, 4.69) is 0 Å². The first-order chi connectivity index (χ1) is 12.3. The zero-order valence-corrected chi connectivity index (χ0v) is 16.0. The van der Waals surface area contributed by atoms with Gasteiger partial charge in [-0.05, 0) is 45.9 Å². The summed E-state index contributed by atoms with van der Waals surface area (Å²) in [5, 5.41) is 0. The molecule has 2 aliphatic heterocycles. The van der Waals surface area contributed by atoms with Gasteiger partial charge in [0.05, 0.1) is 24.4 Å². The molecule has 0 spiro atoms. The zero-order chi connectivity index (χ0) is 18.8. The summed E-state index contributed by atoms with van der Waals surface area (Å²) >= 11 is 0. The molecule has 0 aliphatic carbocycles. The lowest BCUT2D eigenvalue weighted by atomic mass is 10.1. The maximum Gasteiger partial charge on any atom is 0.254 e. The molecule has 6 heteroatoms. The average molecular weight is 360 g/mol. The van der Waals surface area contributed by atoms with Gasteiger partial charge in [-0.25, -0.2) is 0 Å². The molecule has 2 fully saturated rings. The molecule has 1 aromatic carbocycles. The van der Waals surface area contributed by atoms with Gasteiger partial charge < -0.3 is 19.3 Å². The number of hydrogen-bond acceptors (Lipinski definition) is 4. The van der Waals surface area contributed by atoms with Crippen LogP contribution in [0.3, 0.4) is 0 Å². The Labute approximate surface area is 155 Å². The van der Waals surface area contributed by atoms with Gasteiger partial charge >= 0.3 is 0 Å². The van der Waals surface area contributed by atoms with Crippen LogP contribution >= 0.6 is 0 Å². The second-order valence-electron chi connectivity index (χ2n) is 7.52. The van der Waals surface area contributed by atoms with E-state index < -0.39 is 0 Å². The van der Waals surface area contributed by atoms with Crippen molar-refractivity contribution >= 4 is 11.8 Å². The van der Waals surface area contributed by atoms with E-state index in [4.69, 9.17) is 9.47 Å². The summed E-state index contributed by atoms with van der Waals surface area (Å²) in [5.41, 5.74) is 1.10. The van der Waals surface area contributed by atoms with Crippen molar-refractivity contribution in [2.75, 3.05) is 26.2 Å². The van der Waals surface area contributed by atoms with Gasteiger partial charge in [-0.15, -0.1) is 0 Å². The number of amides is 2. The SMILES string of the molecule is C[C@@H]1CN(C(=O)c2cccc(C(=O)N3C[C@H](C)O[C@@H](C)C3)c2)C[C@H](C)O1. The summed E-state index contributed by atoms with van der Waals surface area (Å²) in [5.74, 6) is -0.101. The van der Waals surface area contributed by atoms with Crippen LogP contribution in [0.1, 0.15) is 48.4 Å². The minimum Gasteiger partial charge on any atom is -0.372 e. The molecule has 2 amide bonds. The van der Waals surface area contributed by atoms with Crippen LogP contribution in [0.5, 0.6) is 0 Å². The van der Waals surface area contributed by atoms with Gasteiger partial charge in [0, 0.05) is 37.3 Å². The quantitative estimate of drug-likeness (QED) is 0.811. The topological polar surface area (TPSA) is 59.1 Å². The third-order valence-corrected chi connectivity index (χ3v) is 4.77. The molecule has 0 aromatic heterocycles. The summed E-state index contributed by atoms with van der Waals surface area (Å²) in [4.78, 5) is 29.4. The number of hydrogen-bond donors (Lipinski definition) is 0. The van der Waals surface area contributed by atoms with E-state index in [1.54, 1.807) is 34.1 Å². The zero-order valence-electron chi connectivity index (χ0n) is 16.0. The number of nitrogens with zero attached hydrogens (tertiary/aromatic N) is 2. The number of benzene rings is 1. The fourth-order valence-corrected chi connectivity index (χ4v) is 3.84. The second-order valence-corrected chi connectivity index (χ2v) is 7.52. The van der Waals surface area contributed by atoms with Crippen molar-refractivity contribution in [2.24, 2.45) is 0 Å². The van der Waals surface area contributed by atoms with E-state index >= 15 is 0 Å². The largest absolute Gasteiger partial charge is 0.372 e. The summed E-state index contributed by atoms with van der Waals surface area (Å²) < 4.78 is 11.4. The molecule has 1 aromatic rings. The predicted molar refractivity (Wildman–Crippen MR) is 98.3 cm³/mol. The Morgan fingerprint density at radius 1 is 0.769 bits per heavy atom. The number of carbonyl (C=O) groups is 2. The molecule has 3 rings (SSSR count). The van der Waals surface area contributed by atoms with E-state index in [1.807, 2.05) is 27.7 Å². The molecule has 0 radical (unpaired) electrons. The molecule has 0 unspecified atom stereocenters. The molecule has 0 saturated carbocycles. The van der Waals surface area contributed by atoms with Crippen LogP contribution in [0.2, 0.25) is 0 Å². The van der Waals surface area contributed by atoms with E-state index in [-0.39, 0.29) is 36.2 Å². The first-order valence-electron chi connectivity index (χ1n) is 9.33. The van der Waals surface area contributed by atoms with E-state index in [0.717, 1.165) is 0 Å². The molecular weight excluding hydrogens is 332 g/mol. The minimum atomic E-state index is -0.0506. The lowest BCUT2D eigenvalue weighted by Gasteiger charge is -2.36. The van der Waals surface area contributed by atoms with Gasteiger partial charge in [0.2, 0.25) is 0 Å². The molecule has 6 nitrogen and oxygen atoms in total. The maximum atomic E-state index is 12.9. The van der Waals surface area contributed by atoms with Crippen molar-refractivity contribution in [2.45, 2.75) is 52.1 Å². The predicted octanol–water partition coefficient (Wildman–Crippen LogP) is 2.19. The van der Waals surface area contributed by atoms with Crippen LogP contribution in [0.25, 0.3) is 0 Å². The van der Waals surface area contributed by atoms with Crippen LogP contribution in [-0.4, -0.2) is 72.2 Å². The summed E-state index contributed by atoms with van der Waals surface area (Å²) in [6.45, 7) is 10.2. The van der Waals surface area contributed by atoms with Gasteiger partial charge in [-0.3, -0.25) is 9.59 Å². The van der Waals surface area contributed by atoms with E-state index in [0.29, 0.717) is 37.3 Å². The van der Waals surface area contributed by atoms with Crippen LogP contribution in [-0.2, 0) is 9.47 Å². The fraction of sp³-hybridized carbons (Fsp3) is 0.600. The maximum absolute atomic E-state index is 12.9. The lowest BCUT2D eigenvalue weighted by molar-refractivity contribution is -0.0588. The summed E-state index contributed by atoms with van der Waals surface area (Å²) in [6, 6.07) is 7.03. The average Bonchev–Trinajstić information content (AvgIpc) is 2.59. The number of carbonyl (C=O) groups excluding carboxylic acids is 2. The van der Waals surface area contributed by atoms with Crippen molar-refractivity contribution < 1.29 is 19.1 Å². The molecule has 0 N–H and O–H groups in total. The third kappa shape index (κ3) is 4.24. The molecule has 4 atom stereocenters. The van der Waals surface area contributed by atoms with Gasteiger partial charge in [-0.1, -0.05) is 6.07 Å². The Morgan fingerprint density at radius 3 is 1.46 bits per heavy atom.